The van der Waals surface area contributed by atoms with Gasteiger partial charge >= 0.3 is 0 Å². The van der Waals surface area contributed by atoms with Crippen molar-refractivity contribution in [3.8, 4) is 11.3 Å². The van der Waals surface area contributed by atoms with Crippen LogP contribution in [0.15, 0.2) is 53.2 Å². The lowest BCUT2D eigenvalue weighted by molar-refractivity contribution is 0.0792. The molecule has 0 saturated heterocycles. The van der Waals surface area contributed by atoms with E-state index in [1.807, 2.05) is 61.1 Å². The van der Waals surface area contributed by atoms with Gasteiger partial charge in [0.15, 0.2) is 5.65 Å². The molecule has 0 radical (unpaired) electrons. The Balaban J connectivity index is 1.39. The molecule has 7 nitrogen and oxygen atoms in total. The molecule has 0 N–H and O–H groups in total. The van der Waals surface area contributed by atoms with Gasteiger partial charge in [-0.2, -0.15) is 5.10 Å². The van der Waals surface area contributed by atoms with Crippen LogP contribution in [0.4, 0.5) is 0 Å². The van der Waals surface area contributed by atoms with Gasteiger partial charge in [-0.25, -0.2) is 9.67 Å². The molecule has 0 aliphatic carbocycles. The lowest BCUT2D eigenvalue weighted by Crippen LogP contribution is -2.28. The molecule has 0 unspecified atom stereocenters. The van der Waals surface area contributed by atoms with Gasteiger partial charge in [-0.15, -0.1) is 0 Å². The Hall–Kier alpha value is -3.48. The first-order chi connectivity index (χ1) is 14.9. The van der Waals surface area contributed by atoms with E-state index in [0.717, 1.165) is 46.6 Å². The van der Waals surface area contributed by atoms with Gasteiger partial charge in [0.05, 0.1) is 17.5 Å². The SMILES string of the molecule is Cc1nc2c(cnn2C(C)C)cc1C(=O)N(C)CCCc1cc(-c2ccccc2)no1. The highest BCUT2D eigenvalue weighted by molar-refractivity contribution is 5.98. The minimum absolute atomic E-state index is 0.0354. The molecular formula is C24H27N5O2. The molecule has 1 amide bonds. The van der Waals surface area contributed by atoms with Gasteiger partial charge in [0.1, 0.15) is 11.5 Å². The van der Waals surface area contributed by atoms with E-state index in [1.165, 1.54) is 0 Å². The van der Waals surface area contributed by atoms with Crippen molar-refractivity contribution in [3.05, 3.63) is 65.7 Å². The van der Waals surface area contributed by atoms with Crippen LogP contribution in [-0.2, 0) is 6.42 Å². The molecule has 160 valence electrons. The van der Waals surface area contributed by atoms with E-state index in [1.54, 1.807) is 11.1 Å². The second-order valence-corrected chi connectivity index (χ2v) is 8.09. The molecule has 1 aromatic carbocycles. The van der Waals surface area contributed by atoms with Crippen molar-refractivity contribution >= 4 is 16.9 Å². The Morgan fingerprint density at radius 1 is 1.19 bits per heavy atom. The fourth-order valence-electron chi connectivity index (χ4n) is 3.63. The number of aryl methyl sites for hydroxylation is 2. The summed E-state index contributed by atoms with van der Waals surface area (Å²) < 4.78 is 7.34. The molecule has 0 aliphatic heterocycles. The maximum Gasteiger partial charge on any atom is 0.255 e. The molecule has 3 aromatic heterocycles. The van der Waals surface area contributed by atoms with Crippen LogP contribution < -0.4 is 0 Å². The highest BCUT2D eigenvalue weighted by atomic mass is 16.5. The zero-order valence-electron chi connectivity index (χ0n) is 18.4. The number of hydrogen-bond donors (Lipinski definition) is 0. The Morgan fingerprint density at radius 3 is 2.71 bits per heavy atom. The predicted octanol–water partition coefficient (Wildman–Crippen LogP) is 4.68. The standard InChI is InChI=1S/C24H27N5O2/c1-16(2)29-23-19(15-25-29)13-21(17(3)26-23)24(30)28(4)12-8-11-20-14-22(27-31-20)18-9-6-5-7-10-18/h5-7,9-10,13-16H,8,11-12H2,1-4H3. The van der Waals surface area contributed by atoms with E-state index in [9.17, 15) is 4.79 Å². The monoisotopic (exact) mass is 417 g/mol. The Morgan fingerprint density at radius 2 is 1.97 bits per heavy atom. The first-order valence-corrected chi connectivity index (χ1v) is 10.6. The van der Waals surface area contributed by atoms with Crippen LogP contribution in [0.25, 0.3) is 22.3 Å². The fourth-order valence-corrected chi connectivity index (χ4v) is 3.63. The third-order valence-electron chi connectivity index (χ3n) is 5.37. The molecule has 0 saturated carbocycles. The van der Waals surface area contributed by atoms with E-state index in [-0.39, 0.29) is 11.9 Å². The second-order valence-electron chi connectivity index (χ2n) is 8.09. The maximum absolute atomic E-state index is 13.0. The van der Waals surface area contributed by atoms with E-state index < -0.39 is 0 Å². The summed E-state index contributed by atoms with van der Waals surface area (Å²) >= 11 is 0. The average molecular weight is 418 g/mol. The number of benzene rings is 1. The molecule has 3 heterocycles. The zero-order chi connectivity index (χ0) is 22.0. The van der Waals surface area contributed by atoms with Gasteiger partial charge in [-0.3, -0.25) is 4.79 Å². The molecule has 0 atom stereocenters. The topological polar surface area (TPSA) is 77.1 Å². The lowest BCUT2D eigenvalue weighted by atomic mass is 10.1. The van der Waals surface area contributed by atoms with Crippen molar-refractivity contribution in [2.24, 2.45) is 0 Å². The summed E-state index contributed by atoms with van der Waals surface area (Å²) in [5, 5.41) is 9.43. The molecule has 4 aromatic rings. The third-order valence-corrected chi connectivity index (χ3v) is 5.37. The van der Waals surface area contributed by atoms with Gasteiger partial charge in [-0.1, -0.05) is 35.5 Å². The Bertz CT molecular complexity index is 1190. The third kappa shape index (κ3) is 4.35. The number of pyridine rings is 1. The van der Waals surface area contributed by atoms with Crippen molar-refractivity contribution in [1.29, 1.82) is 0 Å². The number of hydrogen-bond acceptors (Lipinski definition) is 5. The molecule has 7 heteroatoms. The maximum atomic E-state index is 13.0. The van der Waals surface area contributed by atoms with Crippen molar-refractivity contribution < 1.29 is 9.32 Å². The molecule has 0 fully saturated rings. The summed E-state index contributed by atoms with van der Waals surface area (Å²) in [6, 6.07) is 14.0. The van der Waals surface area contributed by atoms with Crippen LogP contribution in [0, 0.1) is 6.92 Å². The molecular weight excluding hydrogens is 390 g/mol. The van der Waals surface area contributed by atoms with Gasteiger partial charge in [0, 0.05) is 43.1 Å². The lowest BCUT2D eigenvalue weighted by Gasteiger charge is -2.18. The number of carbonyl (C=O) groups is 1. The summed E-state index contributed by atoms with van der Waals surface area (Å²) in [4.78, 5) is 19.4. The number of nitrogens with zero attached hydrogens (tertiary/aromatic N) is 5. The van der Waals surface area contributed by atoms with Crippen molar-refractivity contribution in [2.75, 3.05) is 13.6 Å². The first-order valence-electron chi connectivity index (χ1n) is 10.6. The van der Waals surface area contributed by atoms with Gasteiger partial charge in [-0.05, 0) is 33.3 Å². The summed E-state index contributed by atoms with van der Waals surface area (Å²) in [6.07, 6.45) is 3.27. The average Bonchev–Trinajstić information content (AvgIpc) is 3.40. The van der Waals surface area contributed by atoms with Crippen molar-refractivity contribution in [2.45, 2.75) is 39.7 Å². The van der Waals surface area contributed by atoms with Crippen LogP contribution in [0.2, 0.25) is 0 Å². The predicted molar refractivity (Wildman–Crippen MR) is 120 cm³/mol. The first kappa shape index (κ1) is 20.8. The highest BCUT2D eigenvalue weighted by Crippen LogP contribution is 2.21. The van der Waals surface area contributed by atoms with Crippen LogP contribution >= 0.6 is 0 Å². The quantitative estimate of drug-likeness (QED) is 0.436. The van der Waals surface area contributed by atoms with E-state index >= 15 is 0 Å². The molecule has 0 spiro atoms. The largest absolute Gasteiger partial charge is 0.361 e. The Kier molecular flexibility index (Phi) is 5.84. The van der Waals surface area contributed by atoms with E-state index in [2.05, 4.69) is 29.1 Å². The number of aromatic nitrogens is 4. The number of fused-ring (bicyclic) bond motifs is 1. The van der Waals surface area contributed by atoms with Crippen molar-refractivity contribution in [1.82, 2.24) is 24.8 Å². The van der Waals surface area contributed by atoms with E-state index in [0.29, 0.717) is 12.1 Å². The summed E-state index contributed by atoms with van der Waals surface area (Å²) in [6.45, 7) is 6.61. The number of rotatable bonds is 7. The minimum atomic E-state index is -0.0354. The molecule has 0 bridgehead atoms. The summed E-state index contributed by atoms with van der Waals surface area (Å²) in [5.74, 6) is 0.784. The second kappa shape index (κ2) is 8.71. The zero-order valence-corrected chi connectivity index (χ0v) is 18.4. The summed E-state index contributed by atoms with van der Waals surface area (Å²) in [7, 11) is 1.82. The highest BCUT2D eigenvalue weighted by Gasteiger charge is 2.18. The number of amides is 1. The van der Waals surface area contributed by atoms with Crippen LogP contribution in [0.5, 0.6) is 0 Å². The fraction of sp³-hybridized carbons (Fsp3) is 0.333. The van der Waals surface area contributed by atoms with Crippen LogP contribution in [0.3, 0.4) is 0 Å². The molecule has 0 aliphatic rings. The van der Waals surface area contributed by atoms with Crippen LogP contribution in [0.1, 0.15) is 48.1 Å². The molecule has 31 heavy (non-hydrogen) atoms. The van der Waals surface area contributed by atoms with Gasteiger partial charge < -0.3 is 9.42 Å². The smallest absolute Gasteiger partial charge is 0.255 e. The Labute approximate surface area is 181 Å². The summed E-state index contributed by atoms with van der Waals surface area (Å²) in [5.41, 5.74) is 4.01. The van der Waals surface area contributed by atoms with E-state index in [4.69, 9.17) is 4.52 Å². The van der Waals surface area contributed by atoms with Gasteiger partial charge in [0.2, 0.25) is 0 Å². The van der Waals surface area contributed by atoms with Gasteiger partial charge in [0.25, 0.3) is 5.91 Å². The molecule has 4 rings (SSSR count). The minimum Gasteiger partial charge on any atom is -0.361 e. The van der Waals surface area contributed by atoms with Crippen LogP contribution in [-0.4, -0.2) is 44.3 Å². The number of carbonyl (C=O) groups excluding carboxylic acids is 1. The normalized spacial score (nSPS) is 11.4. The van der Waals surface area contributed by atoms with Crippen molar-refractivity contribution in [3.63, 3.8) is 0 Å².